The highest BCUT2D eigenvalue weighted by Gasteiger charge is 2.29. The Balaban J connectivity index is 1.40. The van der Waals surface area contributed by atoms with Crippen molar-refractivity contribution in [2.45, 2.75) is 31.8 Å². The quantitative estimate of drug-likeness (QED) is 0.483. The van der Waals surface area contributed by atoms with Gasteiger partial charge in [0.25, 0.3) is 0 Å². The zero-order valence-corrected chi connectivity index (χ0v) is 21.1. The number of aryl methyl sites for hydroxylation is 2. The SMILES string of the molecule is Cc1ccc(S(=O)(=O)N2CCN(CC(=O)N(Cc3cccnc3)Cc3ccccc3C)CC2)cc1. The summed E-state index contributed by atoms with van der Waals surface area (Å²) in [7, 11) is -3.53. The van der Waals surface area contributed by atoms with Gasteiger partial charge >= 0.3 is 0 Å². The molecule has 7 nitrogen and oxygen atoms in total. The highest BCUT2D eigenvalue weighted by Crippen LogP contribution is 2.19. The first kappa shape index (κ1) is 25.0. The van der Waals surface area contributed by atoms with Gasteiger partial charge in [-0.1, -0.05) is 48.0 Å². The van der Waals surface area contributed by atoms with Crippen molar-refractivity contribution >= 4 is 15.9 Å². The second-order valence-corrected chi connectivity index (χ2v) is 11.0. The minimum atomic E-state index is -3.53. The van der Waals surface area contributed by atoms with Gasteiger partial charge in [-0.15, -0.1) is 0 Å². The molecule has 0 saturated carbocycles. The van der Waals surface area contributed by atoms with E-state index in [0.717, 1.165) is 22.3 Å². The molecular formula is C27H32N4O3S. The number of hydrogen-bond donors (Lipinski definition) is 0. The van der Waals surface area contributed by atoms with Gasteiger partial charge in [-0.2, -0.15) is 4.31 Å². The first-order valence-corrected chi connectivity index (χ1v) is 13.3. The zero-order chi connectivity index (χ0) is 24.8. The minimum absolute atomic E-state index is 0.0203. The van der Waals surface area contributed by atoms with E-state index in [1.54, 1.807) is 24.5 Å². The Labute approximate surface area is 208 Å². The Bertz CT molecular complexity index is 1240. The number of pyridine rings is 1. The molecule has 1 aliphatic rings. The number of amides is 1. The average Bonchev–Trinajstić information content (AvgIpc) is 2.86. The van der Waals surface area contributed by atoms with E-state index in [1.807, 2.05) is 59.2 Å². The number of aromatic nitrogens is 1. The lowest BCUT2D eigenvalue weighted by Crippen LogP contribution is -2.51. The molecule has 2 aromatic carbocycles. The number of rotatable bonds is 8. The van der Waals surface area contributed by atoms with Crippen LogP contribution in [0.3, 0.4) is 0 Å². The van der Waals surface area contributed by atoms with Crippen LogP contribution in [-0.2, 0) is 27.9 Å². The fourth-order valence-corrected chi connectivity index (χ4v) is 5.64. The van der Waals surface area contributed by atoms with Crippen molar-refractivity contribution in [3.63, 3.8) is 0 Å². The van der Waals surface area contributed by atoms with Crippen LogP contribution in [0.15, 0.2) is 78.0 Å². The number of nitrogens with zero attached hydrogens (tertiary/aromatic N) is 4. The van der Waals surface area contributed by atoms with Crippen LogP contribution in [0.5, 0.6) is 0 Å². The van der Waals surface area contributed by atoms with Crippen LogP contribution < -0.4 is 0 Å². The molecule has 184 valence electrons. The molecule has 1 fully saturated rings. The fourth-order valence-electron chi connectivity index (χ4n) is 4.22. The predicted octanol–water partition coefficient (Wildman–Crippen LogP) is 3.23. The molecule has 0 spiro atoms. The number of sulfonamides is 1. The third-order valence-electron chi connectivity index (χ3n) is 6.42. The summed E-state index contributed by atoms with van der Waals surface area (Å²) >= 11 is 0. The van der Waals surface area contributed by atoms with Gasteiger partial charge in [-0.25, -0.2) is 8.42 Å². The van der Waals surface area contributed by atoms with Crippen molar-refractivity contribution in [3.8, 4) is 0 Å². The van der Waals surface area contributed by atoms with Gasteiger partial charge in [0.2, 0.25) is 15.9 Å². The second kappa shape index (κ2) is 11.1. The van der Waals surface area contributed by atoms with E-state index in [9.17, 15) is 13.2 Å². The molecule has 8 heteroatoms. The first-order valence-electron chi connectivity index (χ1n) is 11.8. The van der Waals surface area contributed by atoms with Crippen LogP contribution in [0.4, 0.5) is 0 Å². The summed E-state index contributed by atoms with van der Waals surface area (Å²) in [5.74, 6) is 0.0203. The summed E-state index contributed by atoms with van der Waals surface area (Å²) in [4.78, 5) is 21.8. The third-order valence-corrected chi connectivity index (χ3v) is 8.33. The van der Waals surface area contributed by atoms with Crippen molar-refractivity contribution in [1.29, 1.82) is 0 Å². The maximum atomic E-state index is 13.4. The van der Waals surface area contributed by atoms with Crippen LogP contribution >= 0.6 is 0 Å². The number of hydrogen-bond acceptors (Lipinski definition) is 5. The van der Waals surface area contributed by atoms with E-state index in [2.05, 4.69) is 18.0 Å². The Morgan fingerprint density at radius 3 is 2.29 bits per heavy atom. The fraction of sp³-hybridized carbons (Fsp3) is 0.333. The molecule has 0 bridgehead atoms. The van der Waals surface area contributed by atoms with E-state index in [0.29, 0.717) is 44.2 Å². The Kier molecular flexibility index (Phi) is 7.95. The standard InChI is InChI=1S/C27H32N4O3S/c1-22-9-11-26(12-10-22)35(33,34)31-16-14-29(15-17-31)21-27(32)30(19-24-7-5-13-28-18-24)20-25-8-4-3-6-23(25)2/h3-13,18H,14-17,19-21H2,1-2H3. The van der Waals surface area contributed by atoms with Crippen LogP contribution in [0.2, 0.25) is 0 Å². The molecule has 4 rings (SSSR count). The first-order chi connectivity index (χ1) is 16.8. The second-order valence-electron chi connectivity index (χ2n) is 9.03. The van der Waals surface area contributed by atoms with E-state index >= 15 is 0 Å². The van der Waals surface area contributed by atoms with E-state index in [4.69, 9.17) is 0 Å². The summed E-state index contributed by atoms with van der Waals surface area (Å²) in [6.45, 7) is 6.99. The van der Waals surface area contributed by atoms with Crippen LogP contribution in [0.1, 0.15) is 22.3 Å². The summed E-state index contributed by atoms with van der Waals surface area (Å²) in [6.07, 6.45) is 3.51. The van der Waals surface area contributed by atoms with Gasteiger partial charge in [0.15, 0.2) is 0 Å². The van der Waals surface area contributed by atoms with Gasteiger partial charge in [-0.05, 0) is 48.7 Å². The maximum Gasteiger partial charge on any atom is 0.243 e. The lowest BCUT2D eigenvalue weighted by molar-refractivity contribution is -0.134. The van der Waals surface area contributed by atoms with Gasteiger partial charge in [0.1, 0.15) is 0 Å². The molecule has 3 aromatic rings. The molecular weight excluding hydrogens is 460 g/mol. The lowest BCUT2D eigenvalue weighted by atomic mass is 10.1. The van der Waals surface area contributed by atoms with Gasteiger partial charge in [-0.3, -0.25) is 14.7 Å². The lowest BCUT2D eigenvalue weighted by Gasteiger charge is -2.35. The van der Waals surface area contributed by atoms with Crippen molar-refractivity contribution in [3.05, 3.63) is 95.3 Å². The largest absolute Gasteiger partial charge is 0.333 e. The van der Waals surface area contributed by atoms with Crippen molar-refractivity contribution in [1.82, 2.24) is 19.1 Å². The van der Waals surface area contributed by atoms with Gasteiger partial charge < -0.3 is 4.90 Å². The molecule has 0 atom stereocenters. The Hall–Kier alpha value is -3.07. The molecule has 1 amide bonds. The minimum Gasteiger partial charge on any atom is -0.333 e. The third kappa shape index (κ3) is 6.33. The summed E-state index contributed by atoms with van der Waals surface area (Å²) in [6, 6.07) is 18.9. The number of carbonyl (C=O) groups excluding carboxylic acids is 1. The topological polar surface area (TPSA) is 73.8 Å². The smallest absolute Gasteiger partial charge is 0.243 e. The highest BCUT2D eigenvalue weighted by atomic mass is 32.2. The Morgan fingerprint density at radius 1 is 0.914 bits per heavy atom. The average molecular weight is 493 g/mol. The molecule has 0 unspecified atom stereocenters. The van der Waals surface area contributed by atoms with Gasteiger partial charge in [0, 0.05) is 51.7 Å². The molecule has 1 aliphatic heterocycles. The van der Waals surface area contributed by atoms with Crippen LogP contribution in [0, 0.1) is 13.8 Å². The molecule has 1 saturated heterocycles. The Morgan fingerprint density at radius 2 is 1.63 bits per heavy atom. The zero-order valence-electron chi connectivity index (χ0n) is 20.3. The highest BCUT2D eigenvalue weighted by molar-refractivity contribution is 7.89. The van der Waals surface area contributed by atoms with Crippen LogP contribution in [-0.4, -0.2) is 66.1 Å². The summed E-state index contributed by atoms with van der Waals surface area (Å²) < 4.78 is 27.5. The molecule has 2 heterocycles. The number of benzene rings is 2. The maximum absolute atomic E-state index is 13.4. The molecule has 0 aliphatic carbocycles. The number of carbonyl (C=O) groups is 1. The van der Waals surface area contributed by atoms with Gasteiger partial charge in [0.05, 0.1) is 11.4 Å². The van der Waals surface area contributed by atoms with Crippen LogP contribution in [0.25, 0.3) is 0 Å². The molecule has 1 aromatic heterocycles. The summed E-state index contributed by atoms with van der Waals surface area (Å²) in [5, 5.41) is 0. The normalized spacial score (nSPS) is 15.1. The molecule has 35 heavy (non-hydrogen) atoms. The molecule has 0 N–H and O–H groups in total. The number of piperazine rings is 1. The van der Waals surface area contributed by atoms with E-state index in [1.165, 1.54) is 4.31 Å². The van der Waals surface area contributed by atoms with Crippen molar-refractivity contribution in [2.75, 3.05) is 32.7 Å². The van der Waals surface area contributed by atoms with E-state index < -0.39 is 10.0 Å². The monoisotopic (exact) mass is 492 g/mol. The van der Waals surface area contributed by atoms with Crippen molar-refractivity contribution < 1.29 is 13.2 Å². The van der Waals surface area contributed by atoms with E-state index in [-0.39, 0.29) is 12.5 Å². The molecule has 0 radical (unpaired) electrons. The van der Waals surface area contributed by atoms with Crippen molar-refractivity contribution in [2.24, 2.45) is 0 Å². The predicted molar refractivity (Wildman–Crippen MR) is 136 cm³/mol. The summed E-state index contributed by atoms with van der Waals surface area (Å²) in [5.41, 5.74) is 4.25.